The number of aryl methyl sites for hydroxylation is 2. The van der Waals surface area contributed by atoms with Crippen LogP contribution < -0.4 is 5.32 Å². The normalized spacial score (nSPS) is 20.8. The Bertz CT molecular complexity index is 815. The molecule has 136 valence electrons. The summed E-state index contributed by atoms with van der Waals surface area (Å²) in [6, 6.07) is 6.11. The maximum atomic E-state index is 12.7. The fraction of sp³-hybridized carbons (Fsp3) is 0.450. The average Bonchev–Trinajstić information content (AvgIpc) is 3.04. The summed E-state index contributed by atoms with van der Waals surface area (Å²) < 4.78 is 0. The molecule has 2 amide bonds. The number of hydrogen-bond acceptors (Lipinski definition) is 3. The van der Waals surface area contributed by atoms with Crippen molar-refractivity contribution in [3.05, 3.63) is 47.3 Å². The number of benzene rings is 1. The van der Waals surface area contributed by atoms with E-state index in [4.69, 9.17) is 0 Å². The van der Waals surface area contributed by atoms with Crippen molar-refractivity contribution < 1.29 is 9.59 Å². The van der Waals surface area contributed by atoms with E-state index in [0.29, 0.717) is 18.7 Å². The number of amides is 2. The predicted molar refractivity (Wildman–Crippen MR) is 98.8 cm³/mol. The summed E-state index contributed by atoms with van der Waals surface area (Å²) in [5, 5.41) is 9.60. The van der Waals surface area contributed by atoms with Gasteiger partial charge < -0.3 is 10.2 Å². The van der Waals surface area contributed by atoms with E-state index >= 15 is 0 Å². The number of nitrogens with zero attached hydrogens (tertiary/aromatic N) is 2. The Labute approximate surface area is 153 Å². The van der Waals surface area contributed by atoms with E-state index in [0.717, 1.165) is 36.1 Å². The number of piperidine rings is 1. The third kappa shape index (κ3) is 3.11. The minimum atomic E-state index is 0.0190. The number of anilines is 1. The summed E-state index contributed by atoms with van der Waals surface area (Å²) in [4.78, 5) is 26.9. The molecule has 1 spiro atoms. The van der Waals surface area contributed by atoms with Crippen LogP contribution in [-0.2, 0) is 4.79 Å². The second-order valence-corrected chi connectivity index (χ2v) is 7.76. The van der Waals surface area contributed by atoms with Crippen molar-refractivity contribution in [3.8, 4) is 0 Å². The molecule has 1 aromatic heterocycles. The van der Waals surface area contributed by atoms with Crippen LogP contribution in [0.15, 0.2) is 30.6 Å². The van der Waals surface area contributed by atoms with Gasteiger partial charge in [-0.2, -0.15) is 5.10 Å². The first-order chi connectivity index (χ1) is 12.5. The molecule has 6 nitrogen and oxygen atoms in total. The van der Waals surface area contributed by atoms with Gasteiger partial charge in [-0.05, 0) is 61.8 Å². The van der Waals surface area contributed by atoms with Gasteiger partial charge in [-0.15, -0.1) is 0 Å². The van der Waals surface area contributed by atoms with Crippen LogP contribution in [0, 0.1) is 25.2 Å². The average molecular weight is 352 g/mol. The Hall–Kier alpha value is -2.63. The molecule has 2 fully saturated rings. The van der Waals surface area contributed by atoms with E-state index in [1.807, 2.05) is 30.9 Å². The molecular formula is C20H24N4O2. The van der Waals surface area contributed by atoms with Gasteiger partial charge >= 0.3 is 0 Å². The lowest BCUT2D eigenvalue weighted by atomic mass is 9.90. The first kappa shape index (κ1) is 16.8. The SMILES string of the molecule is Cc1cc(C)cc(NC(=O)C2CC23CCN(C(=O)c2cn[nH]c2)CC3)c1. The fourth-order valence-corrected chi connectivity index (χ4v) is 4.25. The number of carbonyl (C=O) groups excluding carboxylic acids is 2. The molecule has 1 aliphatic heterocycles. The van der Waals surface area contributed by atoms with Gasteiger partial charge in [0.2, 0.25) is 5.91 Å². The molecule has 2 aliphatic rings. The Balaban J connectivity index is 1.35. The van der Waals surface area contributed by atoms with Gasteiger partial charge in [-0.25, -0.2) is 0 Å². The number of hydrogen-bond donors (Lipinski definition) is 2. The van der Waals surface area contributed by atoms with Crippen molar-refractivity contribution in [2.45, 2.75) is 33.1 Å². The van der Waals surface area contributed by atoms with Crippen molar-refractivity contribution in [2.24, 2.45) is 11.3 Å². The maximum absolute atomic E-state index is 12.7. The van der Waals surface area contributed by atoms with Crippen LogP contribution in [0.2, 0.25) is 0 Å². The summed E-state index contributed by atoms with van der Waals surface area (Å²) in [5.41, 5.74) is 3.85. The summed E-state index contributed by atoms with van der Waals surface area (Å²) in [6.45, 7) is 5.48. The molecule has 1 unspecified atom stereocenters. The molecule has 0 bridgehead atoms. The zero-order chi connectivity index (χ0) is 18.3. The number of aromatic amines is 1. The van der Waals surface area contributed by atoms with Gasteiger partial charge in [0, 0.05) is 30.9 Å². The molecule has 4 rings (SSSR count). The van der Waals surface area contributed by atoms with Crippen molar-refractivity contribution in [3.63, 3.8) is 0 Å². The van der Waals surface area contributed by atoms with Crippen molar-refractivity contribution >= 4 is 17.5 Å². The number of rotatable bonds is 3. The van der Waals surface area contributed by atoms with E-state index < -0.39 is 0 Å². The van der Waals surface area contributed by atoms with Crippen LogP contribution in [0.3, 0.4) is 0 Å². The lowest BCUT2D eigenvalue weighted by molar-refractivity contribution is -0.118. The molecule has 6 heteroatoms. The van der Waals surface area contributed by atoms with Crippen LogP contribution in [0.5, 0.6) is 0 Å². The number of nitrogens with one attached hydrogen (secondary N) is 2. The minimum absolute atomic E-state index is 0.0190. The van der Waals surface area contributed by atoms with Gasteiger partial charge in [0.05, 0.1) is 11.8 Å². The quantitative estimate of drug-likeness (QED) is 0.891. The van der Waals surface area contributed by atoms with Gasteiger partial charge in [0.1, 0.15) is 0 Å². The Morgan fingerprint density at radius 3 is 2.50 bits per heavy atom. The standard InChI is InChI=1S/C20H24N4O2/c1-13-7-14(2)9-16(8-13)23-18(25)17-10-20(17)3-5-24(6-4-20)19(26)15-11-21-22-12-15/h7-9,11-12,17H,3-6,10H2,1-2H3,(H,21,22)(H,23,25). The zero-order valence-electron chi connectivity index (χ0n) is 15.2. The summed E-state index contributed by atoms with van der Waals surface area (Å²) in [7, 11) is 0. The molecule has 1 saturated carbocycles. The van der Waals surface area contributed by atoms with E-state index in [1.165, 1.54) is 0 Å². The highest BCUT2D eigenvalue weighted by Crippen LogP contribution is 2.59. The summed E-state index contributed by atoms with van der Waals surface area (Å²) >= 11 is 0. The molecule has 0 radical (unpaired) electrons. The Kier molecular flexibility index (Phi) is 4.05. The number of aromatic nitrogens is 2. The molecular weight excluding hydrogens is 328 g/mol. The fourth-order valence-electron chi connectivity index (χ4n) is 4.25. The van der Waals surface area contributed by atoms with Gasteiger partial charge in [-0.1, -0.05) is 6.07 Å². The molecule has 1 atom stereocenters. The van der Waals surface area contributed by atoms with E-state index in [-0.39, 0.29) is 23.1 Å². The molecule has 1 aliphatic carbocycles. The lowest BCUT2D eigenvalue weighted by Crippen LogP contribution is -2.40. The highest BCUT2D eigenvalue weighted by Gasteiger charge is 2.58. The Morgan fingerprint density at radius 1 is 1.19 bits per heavy atom. The van der Waals surface area contributed by atoms with Gasteiger partial charge in [0.15, 0.2) is 0 Å². The van der Waals surface area contributed by atoms with Crippen LogP contribution in [0.1, 0.15) is 40.7 Å². The zero-order valence-corrected chi connectivity index (χ0v) is 15.2. The van der Waals surface area contributed by atoms with Crippen molar-refractivity contribution in [1.82, 2.24) is 15.1 Å². The van der Waals surface area contributed by atoms with E-state index in [2.05, 4.69) is 21.6 Å². The van der Waals surface area contributed by atoms with E-state index in [9.17, 15) is 9.59 Å². The highest BCUT2D eigenvalue weighted by atomic mass is 16.2. The van der Waals surface area contributed by atoms with E-state index in [1.54, 1.807) is 12.4 Å². The number of H-pyrrole nitrogens is 1. The van der Waals surface area contributed by atoms with Crippen LogP contribution in [-0.4, -0.2) is 40.0 Å². The smallest absolute Gasteiger partial charge is 0.257 e. The molecule has 2 aromatic rings. The Morgan fingerprint density at radius 2 is 1.88 bits per heavy atom. The summed E-state index contributed by atoms with van der Waals surface area (Å²) in [5.74, 6) is 0.199. The monoisotopic (exact) mass is 352 g/mol. The largest absolute Gasteiger partial charge is 0.339 e. The lowest BCUT2D eigenvalue weighted by Gasteiger charge is -2.32. The van der Waals surface area contributed by atoms with Gasteiger partial charge in [0.25, 0.3) is 5.91 Å². The first-order valence-electron chi connectivity index (χ1n) is 9.14. The highest BCUT2D eigenvalue weighted by molar-refractivity contribution is 5.96. The van der Waals surface area contributed by atoms with Crippen LogP contribution in [0.4, 0.5) is 5.69 Å². The number of likely N-dealkylation sites (tertiary alicyclic amines) is 1. The van der Waals surface area contributed by atoms with Crippen LogP contribution in [0.25, 0.3) is 0 Å². The molecule has 1 aromatic carbocycles. The molecule has 2 N–H and O–H groups in total. The number of carbonyl (C=O) groups is 2. The van der Waals surface area contributed by atoms with Crippen molar-refractivity contribution in [2.75, 3.05) is 18.4 Å². The third-order valence-electron chi connectivity index (χ3n) is 5.79. The second kappa shape index (κ2) is 6.27. The minimum Gasteiger partial charge on any atom is -0.339 e. The first-order valence-corrected chi connectivity index (χ1v) is 9.14. The molecule has 2 heterocycles. The molecule has 1 saturated heterocycles. The third-order valence-corrected chi connectivity index (χ3v) is 5.79. The predicted octanol–water partition coefficient (Wildman–Crippen LogP) is 2.91. The van der Waals surface area contributed by atoms with Gasteiger partial charge in [-0.3, -0.25) is 14.7 Å². The molecule has 26 heavy (non-hydrogen) atoms. The van der Waals surface area contributed by atoms with Crippen molar-refractivity contribution in [1.29, 1.82) is 0 Å². The second-order valence-electron chi connectivity index (χ2n) is 7.76. The summed E-state index contributed by atoms with van der Waals surface area (Å²) in [6.07, 6.45) is 5.90. The topological polar surface area (TPSA) is 78.1 Å². The van der Waals surface area contributed by atoms with Crippen LogP contribution >= 0.6 is 0 Å². The maximum Gasteiger partial charge on any atom is 0.257 e.